The number of hydrogen-bond donors (Lipinski definition) is 2. The van der Waals surface area contributed by atoms with Crippen LogP contribution in [0.5, 0.6) is 0 Å². The van der Waals surface area contributed by atoms with Gasteiger partial charge in [0.25, 0.3) is 0 Å². The summed E-state index contributed by atoms with van der Waals surface area (Å²) in [6, 6.07) is 5.39. The van der Waals surface area contributed by atoms with E-state index in [0.29, 0.717) is 19.4 Å². The van der Waals surface area contributed by atoms with Gasteiger partial charge in [0.05, 0.1) is 5.69 Å². The first-order chi connectivity index (χ1) is 9.41. The quantitative estimate of drug-likeness (QED) is 0.809. The third-order valence-electron chi connectivity index (χ3n) is 2.79. The third-order valence-corrected chi connectivity index (χ3v) is 3.84. The van der Waals surface area contributed by atoms with E-state index in [2.05, 4.69) is 26.6 Å². The monoisotopic (exact) mass is 341 g/mol. The summed E-state index contributed by atoms with van der Waals surface area (Å²) >= 11 is 3.43. The molecule has 20 heavy (non-hydrogen) atoms. The van der Waals surface area contributed by atoms with Crippen molar-refractivity contribution in [2.24, 2.45) is 0 Å². The normalized spacial score (nSPS) is 10.0. The van der Waals surface area contributed by atoms with Crippen LogP contribution in [0.15, 0.2) is 22.7 Å². The Morgan fingerprint density at radius 1 is 1.30 bits per heavy atom. The number of amides is 3. The van der Waals surface area contributed by atoms with Gasteiger partial charge in [-0.2, -0.15) is 0 Å². The molecular weight excluding hydrogens is 322 g/mol. The van der Waals surface area contributed by atoms with Crippen LogP contribution in [0.2, 0.25) is 0 Å². The molecule has 0 aliphatic carbocycles. The van der Waals surface area contributed by atoms with Gasteiger partial charge in [-0.25, -0.2) is 4.79 Å². The number of carbonyl (C=O) groups excluding carboxylic acids is 2. The molecule has 110 valence electrons. The first-order valence-electron chi connectivity index (χ1n) is 6.42. The predicted molar refractivity (Wildman–Crippen MR) is 83.8 cm³/mol. The molecule has 1 rings (SSSR count). The first-order valence-corrected chi connectivity index (χ1v) is 7.21. The van der Waals surface area contributed by atoms with Crippen molar-refractivity contribution < 1.29 is 9.59 Å². The maximum absolute atomic E-state index is 11.7. The lowest BCUT2D eigenvalue weighted by atomic mass is 10.2. The van der Waals surface area contributed by atoms with Gasteiger partial charge in [0.15, 0.2) is 0 Å². The molecule has 0 bridgehead atoms. The highest BCUT2D eigenvalue weighted by Gasteiger charge is 2.07. The molecule has 0 radical (unpaired) electrons. The van der Waals surface area contributed by atoms with Gasteiger partial charge in [0.2, 0.25) is 5.91 Å². The van der Waals surface area contributed by atoms with Crippen LogP contribution in [0.25, 0.3) is 0 Å². The number of nitrogens with one attached hydrogen (secondary N) is 2. The second-order valence-corrected chi connectivity index (χ2v) is 5.50. The maximum Gasteiger partial charge on any atom is 0.319 e. The Hall–Kier alpha value is -1.56. The predicted octanol–water partition coefficient (Wildman–Crippen LogP) is 2.75. The van der Waals surface area contributed by atoms with E-state index in [4.69, 9.17) is 0 Å². The van der Waals surface area contributed by atoms with Crippen molar-refractivity contribution in [3.05, 3.63) is 28.2 Å². The molecular formula is C14H20BrN3O2. The lowest BCUT2D eigenvalue weighted by Crippen LogP contribution is -2.30. The zero-order chi connectivity index (χ0) is 15.1. The maximum atomic E-state index is 11.7. The number of anilines is 1. The summed E-state index contributed by atoms with van der Waals surface area (Å²) in [6.07, 6.45) is 1.06. The number of urea groups is 1. The summed E-state index contributed by atoms with van der Waals surface area (Å²) in [6.45, 7) is 2.43. The van der Waals surface area contributed by atoms with Gasteiger partial charge < -0.3 is 15.5 Å². The van der Waals surface area contributed by atoms with Crippen LogP contribution in [-0.2, 0) is 4.79 Å². The number of benzene rings is 1. The lowest BCUT2D eigenvalue weighted by Gasteiger charge is -2.11. The van der Waals surface area contributed by atoms with Crippen LogP contribution in [-0.4, -0.2) is 37.5 Å². The van der Waals surface area contributed by atoms with Crippen molar-refractivity contribution in [1.82, 2.24) is 10.2 Å². The summed E-state index contributed by atoms with van der Waals surface area (Å²) in [5.74, 6) is 0.0636. The van der Waals surface area contributed by atoms with Crippen molar-refractivity contribution >= 4 is 33.6 Å². The molecule has 0 fully saturated rings. The second kappa shape index (κ2) is 7.89. The molecule has 3 amide bonds. The first kappa shape index (κ1) is 16.5. The molecule has 0 spiro atoms. The fourth-order valence-electron chi connectivity index (χ4n) is 1.58. The van der Waals surface area contributed by atoms with E-state index >= 15 is 0 Å². The highest BCUT2D eigenvalue weighted by Crippen LogP contribution is 2.25. The van der Waals surface area contributed by atoms with Crippen LogP contribution in [0.3, 0.4) is 0 Å². The molecule has 0 aliphatic rings. The lowest BCUT2D eigenvalue weighted by molar-refractivity contribution is -0.128. The van der Waals surface area contributed by atoms with E-state index in [-0.39, 0.29) is 11.9 Å². The molecule has 0 aliphatic heterocycles. The van der Waals surface area contributed by atoms with Crippen LogP contribution in [0, 0.1) is 6.92 Å². The van der Waals surface area contributed by atoms with Gasteiger partial charge in [0, 0.05) is 31.5 Å². The minimum Gasteiger partial charge on any atom is -0.349 e. The fourth-order valence-corrected chi connectivity index (χ4v) is 1.94. The number of rotatable bonds is 5. The Bertz CT molecular complexity index is 489. The van der Waals surface area contributed by atoms with Crippen molar-refractivity contribution in [1.29, 1.82) is 0 Å². The molecule has 0 atom stereocenters. The van der Waals surface area contributed by atoms with Crippen LogP contribution >= 0.6 is 15.9 Å². The standard InChI is InChI=1S/C14H20BrN3O2/c1-10-6-4-7-11(13(10)15)17-14(20)16-9-5-8-12(19)18(2)3/h4,6-7H,5,8-9H2,1-3H3,(H2,16,17,20). The van der Waals surface area contributed by atoms with Gasteiger partial charge in [-0.05, 0) is 40.9 Å². The van der Waals surface area contributed by atoms with Crippen molar-refractivity contribution in [3.8, 4) is 0 Å². The topological polar surface area (TPSA) is 61.4 Å². The number of aryl methyl sites for hydroxylation is 1. The van der Waals surface area contributed by atoms with E-state index in [9.17, 15) is 9.59 Å². The van der Waals surface area contributed by atoms with Crippen LogP contribution < -0.4 is 10.6 Å². The highest BCUT2D eigenvalue weighted by atomic mass is 79.9. The van der Waals surface area contributed by atoms with E-state index < -0.39 is 0 Å². The zero-order valence-corrected chi connectivity index (χ0v) is 13.6. The largest absolute Gasteiger partial charge is 0.349 e. The Kier molecular flexibility index (Phi) is 6.51. The Morgan fingerprint density at radius 3 is 2.65 bits per heavy atom. The number of hydrogen-bond acceptors (Lipinski definition) is 2. The molecule has 1 aromatic carbocycles. The molecule has 6 heteroatoms. The molecule has 2 N–H and O–H groups in total. The summed E-state index contributed by atoms with van der Waals surface area (Å²) in [5.41, 5.74) is 1.78. The molecule has 0 unspecified atom stereocenters. The van der Waals surface area contributed by atoms with Gasteiger partial charge in [-0.1, -0.05) is 12.1 Å². The van der Waals surface area contributed by atoms with Crippen LogP contribution in [0.1, 0.15) is 18.4 Å². The van der Waals surface area contributed by atoms with E-state index in [1.165, 1.54) is 0 Å². The van der Waals surface area contributed by atoms with Crippen molar-refractivity contribution in [2.45, 2.75) is 19.8 Å². The van der Waals surface area contributed by atoms with E-state index in [1.807, 2.05) is 25.1 Å². The average molecular weight is 342 g/mol. The average Bonchev–Trinajstić information content (AvgIpc) is 2.39. The Labute approximate surface area is 127 Å². The third kappa shape index (κ3) is 5.21. The van der Waals surface area contributed by atoms with Crippen molar-refractivity contribution in [3.63, 3.8) is 0 Å². The van der Waals surface area contributed by atoms with E-state index in [1.54, 1.807) is 19.0 Å². The summed E-state index contributed by atoms with van der Waals surface area (Å²) in [5, 5.41) is 5.50. The minimum atomic E-state index is -0.270. The fraction of sp³-hybridized carbons (Fsp3) is 0.429. The summed E-state index contributed by atoms with van der Waals surface area (Å²) in [4.78, 5) is 24.6. The molecule has 0 saturated carbocycles. The molecule has 1 aromatic rings. The van der Waals surface area contributed by atoms with Crippen LogP contribution in [0.4, 0.5) is 10.5 Å². The highest BCUT2D eigenvalue weighted by molar-refractivity contribution is 9.10. The Morgan fingerprint density at radius 2 is 2.00 bits per heavy atom. The number of halogens is 1. The second-order valence-electron chi connectivity index (χ2n) is 4.71. The van der Waals surface area contributed by atoms with E-state index in [0.717, 1.165) is 15.7 Å². The summed E-state index contributed by atoms with van der Waals surface area (Å²) in [7, 11) is 3.44. The van der Waals surface area contributed by atoms with Crippen molar-refractivity contribution in [2.75, 3.05) is 26.0 Å². The zero-order valence-electron chi connectivity index (χ0n) is 12.0. The number of carbonyl (C=O) groups is 2. The molecule has 5 nitrogen and oxygen atoms in total. The molecule has 0 aromatic heterocycles. The molecule has 0 heterocycles. The minimum absolute atomic E-state index is 0.0636. The molecule has 0 saturated heterocycles. The smallest absolute Gasteiger partial charge is 0.319 e. The van der Waals surface area contributed by atoms with Gasteiger partial charge in [-0.3, -0.25) is 4.79 Å². The number of nitrogens with zero attached hydrogens (tertiary/aromatic N) is 1. The summed E-state index contributed by atoms with van der Waals surface area (Å²) < 4.78 is 0.873. The van der Waals surface area contributed by atoms with Gasteiger partial charge in [-0.15, -0.1) is 0 Å². The van der Waals surface area contributed by atoms with Gasteiger partial charge >= 0.3 is 6.03 Å². The van der Waals surface area contributed by atoms with Gasteiger partial charge in [0.1, 0.15) is 0 Å². The Balaban J connectivity index is 2.34. The SMILES string of the molecule is Cc1cccc(NC(=O)NCCCC(=O)N(C)C)c1Br.